The van der Waals surface area contributed by atoms with Crippen molar-refractivity contribution in [1.29, 1.82) is 0 Å². The largest absolute Gasteiger partial charge is 0.502 e. The Morgan fingerprint density at radius 3 is 2.37 bits per heavy atom. The van der Waals surface area contributed by atoms with Crippen LogP contribution in [0.3, 0.4) is 0 Å². The number of aromatic hydroxyl groups is 1. The number of rotatable bonds is 5. The molecule has 3 aliphatic rings. The van der Waals surface area contributed by atoms with Crippen molar-refractivity contribution in [2.24, 2.45) is 11.8 Å². The number of hydrogen-bond acceptors (Lipinski definition) is 12. The number of ether oxygens (including phenoxy) is 5. The van der Waals surface area contributed by atoms with E-state index >= 15 is 0 Å². The van der Waals surface area contributed by atoms with Crippen LogP contribution in [0.25, 0.3) is 0 Å². The van der Waals surface area contributed by atoms with E-state index in [4.69, 9.17) is 29.4 Å². The van der Waals surface area contributed by atoms with E-state index in [1.807, 2.05) is 12.1 Å². The first-order valence-corrected chi connectivity index (χ1v) is 12.5. The van der Waals surface area contributed by atoms with E-state index in [0.29, 0.717) is 21.0 Å². The number of hydrogen-bond donors (Lipinski definition) is 2. The van der Waals surface area contributed by atoms with Crippen LogP contribution >= 0.6 is 23.1 Å². The number of nitrogen functional groups attached to an aromatic ring is 1. The second-order valence-electron chi connectivity index (χ2n) is 8.35. The number of carbonyl (C=O) groups excluding carboxylic acids is 1. The lowest BCUT2D eigenvalue weighted by molar-refractivity contribution is -0.141. The summed E-state index contributed by atoms with van der Waals surface area (Å²) in [7, 11) is 2.94. The summed E-state index contributed by atoms with van der Waals surface area (Å²) in [6.45, 7) is 0.398. The van der Waals surface area contributed by atoms with Gasteiger partial charge in [-0.3, -0.25) is 4.79 Å². The van der Waals surface area contributed by atoms with Crippen molar-refractivity contribution in [3.8, 4) is 28.7 Å². The molecule has 3 heterocycles. The molecule has 3 N–H and O–H groups in total. The van der Waals surface area contributed by atoms with Gasteiger partial charge in [0.05, 0.1) is 26.7 Å². The fourth-order valence-corrected chi connectivity index (χ4v) is 7.29. The van der Waals surface area contributed by atoms with Crippen molar-refractivity contribution < 1.29 is 33.6 Å². The molecule has 10 nitrogen and oxygen atoms in total. The van der Waals surface area contributed by atoms with Crippen LogP contribution in [0.5, 0.6) is 28.7 Å². The molecule has 1 fully saturated rings. The summed E-state index contributed by atoms with van der Waals surface area (Å²) >= 11 is 2.82. The quantitative estimate of drug-likeness (QED) is 0.484. The van der Waals surface area contributed by atoms with Crippen LogP contribution in [0.1, 0.15) is 27.9 Å². The first-order chi connectivity index (χ1) is 17.0. The Bertz CT molecular complexity index is 1310. The molecule has 0 radical (unpaired) electrons. The van der Waals surface area contributed by atoms with Crippen molar-refractivity contribution in [3.63, 3.8) is 0 Å². The van der Waals surface area contributed by atoms with E-state index in [2.05, 4.69) is 10.2 Å². The molecule has 0 unspecified atom stereocenters. The number of nitrogens with zero attached hydrogens (tertiary/aromatic N) is 2. The third-order valence-electron chi connectivity index (χ3n) is 6.63. The summed E-state index contributed by atoms with van der Waals surface area (Å²) in [5.74, 6) is 0.362. The number of esters is 1. The highest BCUT2D eigenvalue weighted by Gasteiger charge is 2.53. The smallest absolute Gasteiger partial charge is 0.310 e. The van der Waals surface area contributed by atoms with Gasteiger partial charge in [0.25, 0.3) is 0 Å². The number of thioether (sulfide) groups is 1. The lowest BCUT2D eigenvalue weighted by Gasteiger charge is -2.38. The Morgan fingerprint density at radius 2 is 1.74 bits per heavy atom. The summed E-state index contributed by atoms with van der Waals surface area (Å²) in [5, 5.41) is 18.8. The van der Waals surface area contributed by atoms with Crippen LogP contribution in [0.15, 0.2) is 28.6 Å². The van der Waals surface area contributed by atoms with E-state index in [-0.39, 0.29) is 53.7 Å². The maximum atomic E-state index is 13.2. The first kappa shape index (κ1) is 22.1. The molecule has 0 amide bonds. The Balaban J connectivity index is 1.56. The molecular weight excluding hydrogens is 494 g/mol. The summed E-state index contributed by atoms with van der Waals surface area (Å²) in [4.78, 5) is 13.2. The highest BCUT2D eigenvalue weighted by molar-refractivity contribution is 8.01. The predicted molar refractivity (Wildman–Crippen MR) is 126 cm³/mol. The molecule has 2 aliphatic heterocycles. The third kappa shape index (κ3) is 3.50. The van der Waals surface area contributed by atoms with Crippen molar-refractivity contribution in [2.45, 2.75) is 15.5 Å². The number of phenolic OH excluding ortho intramolecular Hbond substituents is 1. The van der Waals surface area contributed by atoms with Crippen LogP contribution in [0, 0.1) is 11.8 Å². The molecule has 3 aromatic rings. The Morgan fingerprint density at radius 1 is 1.06 bits per heavy atom. The zero-order valence-electron chi connectivity index (χ0n) is 18.7. The summed E-state index contributed by atoms with van der Waals surface area (Å²) in [6, 6.07) is 7.37. The zero-order chi connectivity index (χ0) is 24.3. The van der Waals surface area contributed by atoms with Crippen LogP contribution < -0.4 is 24.7 Å². The average molecular weight is 516 g/mol. The molecule has 0 saturated carbocycles. The molecule has 6 rings (SSSR count). The van der Waals surface area contributed by atoms with Gasteiger partial charge in [-0.1, -0.05) is 23.1 Å². The Hall–Kier alpha value is -3.38. The molecular formula is C23H21N3O7S2. The molecule has 12 heteroatoms. The molecule has 1 aliphatic carbocycles. The minimum Gasteiger partial charge on any atom is -0.502 e. The van der Waals surface area contributed by atoms with Gasteiger partial charge in [0.2, 0.25) is 17.7 Å². The third-order valence-corrected chi connectivity index (χ3v) is 8.86. The van der Waals surface area contributed by atoms with Gasteiger partial charge >= 0.3 is 5.97 Å². The van der Waals surface area contributed by atoms with Gasteiger partial charge in [-0.2, -0.15) is 0 Å². The van der Waals surface area contributed by atoms with Crippen LogP contribution in [0.4, 0.5) is 5.13 Å². The highest BCUT2D eigenvalue weighted by Crippen LogP contribution is 2.60. The lowest BCUT2D eigenvalue weighted by atomic mass is 9.67. The van der Waals surface area contributed by atoms with E-state index in [1.165, 1.54) is 37.3 Å². The molecule has 2 aromatic carbocycles. The standard InChI is InChI=1S/C23H21N3O7S2/c1-29-15-3-9(4-16(30-2)19(15)27)17-10-5-13-14(33-8-32-13)6-11(10)20(12-7-31-21(28)18(12)17)34-23-26-25-22(24)35-23/h3-6,12,17-18,20,27H,7-8H2,1-2H3,(H2,24,25)/t12-,17+,18-,20+/m0/s1. The summed E-state index contributed by atoms with van der Waals surface area (Å²) < 4.78 is 28.5. The molecule has 0 spiro atoms. The topological polar surface area (TPSA) is 135 Å². The van der Waals surface area contributed by atoms with Gasteiger partial charge < -0.3 is 34.5 Å². The number of carbonyl (C=O) groups is 1. The monoisotopic (exact) mass is 515 g/mol. The van der Waals surface area contributed by atoms with Gasteiger partial charge in [0.1, 0.15) is 0 Å². The van der Waals surface area contributed by atoms with Gasteiger partial charge in [0, 0.05) is 17.1 Å². The molecule has 182 valence electrons. The van der Waals surface area contributed by atoms with Crippen LogP contribution in [0.2, 0.25) is 0 Å². The van der Waals surface area contributed by atoms with Gasteiger partial charge in [-0.25, -0.2) is 0 Å². The number of phenols is 1. The van der Waals surface area contributed by atoms with Crippen LogP contribution in [-0.4, -0.2) is 48.9 Å². The Labute approximate surface area is 208 Å². The number of cyclic esters (lactones) is 1. The number of anilines is 1. The van der Waals surface area contributed by atoms with Crippen LogP contribution in [-0.2, 0) is 9.53 Å². The van der Waals surface area contributed by atoms with E-state index in [1.54, 1.807) is 12.1 Å². The number of fused-ring (bicyclic) bond motifs is 3. The average Bonchev–Trinajstić information content (AvgIpc) is 3.58. The van der Waals surface area contributed by atoms with E-state index in [0.717, 1.165) is 16.7 Å². The second kappa shape index (κ2) is 8.38. The summed E-state index contributed by atoms with van der Waals surface area (Å²) in [5.41, 5.74) is 8.47. The molecule has 4 atom stereocenters. The van der Waals surface area contributed by atoms with Gasteiger partial charge in [-0.05, 0) is 41.0 Å². The maximum Gasteiger partial charge on any atom is 0.310 e. The molecule has 1 saturated heterocycles. The van der Waals surface area contributed by atoms with E-state index < -0.39 is 5.92 Å². The number of benzene rings is 2. The van der Waals surface area contributed by atoms with Gasteiger partial charge in [-0.15, -0.1) is 10.2 Å². The minimum atomic E-state index is -0.482. The molecule has 35 heavy (non-hydrogen) atoms. The number of aromatic nitrogens is 2. The lowest BCUT2D eigenvalue weighted by Crippen LogP contribution is -2.33. The molecule has 0 bridgehead atoms. The van der Waals surface area contributed by atoms with Crippen molar-refractivity contribution >= 4 is 34.2 Å². The predicted octanol–water partition coefficient (Wildman–Crippen LogP) is 3.34. The number of methoxy groups -OCH3 is 2. The Kier molecular flexibility index (Phi) is 5.29. The second-order valence-corrected chi connectivity index (χ2v) is 10.7. The van der Waals surface area contributed by atoms with E-state index in [9.17, 15) is 9.90 Å². The normalized spacial score (nSPS) is 24.0. The fourth-order valence-electron chi connectivity index (χ4n) is 5.13. The highest BCUT2D eigenvalue weighted by atomic mass is 32.2. The fraction of sp³-hybridized carbons (Fsp3) is 0.348. The number of nitrogens with two attached hydrogens (primary N) is 1. The van der Waals surface area contributed by atoms with Crippen molar-refractivity contribution in [1.82, 2.24) is 10.2 Å². The minimum absolute atomic E-state index is 0.103. The molecule has 1 aromatic heterocycles. The maximum absolute atomic E-state index is 13.2. The zero-order valence-corrected chi connectivity index (χ0v) is 20.4. The van der Waals surface area contributed by atoms with Crippen molar-refractivity contribution in [3.05, 3.63) is 41.0 Å². The first-order valence-electron chi connectivity index (χ1n) is 10.8. The van der Waals surface area contributed by atoms with Crippen molar-refractivity contribution in [2.75, 3.05) is 33.4 Å². The SMILES string of the molecule is COc1cc([C@@H]2c3cc4c(cc3[C@@H](Sc3nnc(N)s3)[C@H]3COC(=O)[C@H]23)OCO4)cc(OC)c1O. The summed E-state index contributed by atoms with van der Waals surface area (Å²) in [6.07, 6.45) is 0. The van der Waals surface area contributed by atoms with Gasteiger partial charge in [0.15, 0.2) is 27.3 Å².